The van der Waals surface area contributed by atoms with E-state index in [1.165, 1.54) is 0 Å². The fourth-order valence-corrected chi connectivity index (χ4v) is 1.82. The first-order chi connectivity index (χ1) is 9.24. The highest BCUT2D eigenvalue weighted by Crippen LogP contribution is 2.11. The molecule has 0 aliphatic carbocycles. The molecule has 0 spiro atoms. The summed E-state index contributed by atoms with van der Waals surface area (Å²) in [6.45, 7) is 0.711. The zero-order valence-corrected chi connectivity index (χ0v) is 10.8. The second kappa shape index (κ2) is 6.26. The van der Waals surface area contributed by atoms with Crippen molar-refractivity contribution in [2.24, 2.45) is 5.73 Å². The van der Waals surface area contributed by atoms with Gasteiger partial charge >= 0.3 is 0 Å². The van der Waals surface area contributed by atoms with E-state index in [-0.39, 0.29) is 11.9 Å². The molecule has 0 saturated carbocycles. The number of nitrogens with one attached hydrogen (secondary N) is 1. The first kappa shape index (κ1) is 13.5. The molecule has 3 N–H and O–H groups in total. The summed E-state index contributed by atoms with van der Waals surface area (Å²) in [6, 6.07) is 11.0. The van der Waals surface area contributed by atoms with Gasteiger partial charge in [-0.2, -0.15) is 0 Å². The molecule has 1 aromatic carbocycles. The number of hydrogen-bond donors (Lipinski definition) is 2. The molecule has 5 heteroatoms. The molecule has 100 valence electrons. The van der Waals surface area contributed by atoms with Gasteiger partial charge in [0.15, 0.2) is 0 Å². The van der Waals surface area contributed by atoms with Crippen LogP contribution in [0.25, 0.3) is 10.9 Å². The van der Waals surface area contributed by atoms with Crippen molar-refractivity contribution < 1.29 is 9.53 Å². The molecule has 0 radical (unpaired) electrons. The molecule has 1 amide bonds. The normalized spacial score (nSPS) is 12.3. The number of amides is 1. The summed E-state index contributed by atoms with van der Waals surface area (Å²) < 4.78 is 4.99. The Bertz CT molecular complexity index is 571. The lowest BCUT2D eigenvalue weighted by molar-refractivity contribution is 0.0896. The molecule has 2 aromatic rings. The van der Waals surface area contributed by atoms with E-state index in [4.69, 9.17) is 10.5 Å². The minimum absolute atomic E-state index is 0.203. The maximum atomic E-state index is 12.0. The molecule has 0 bridgehead atoms. The SMILES string of the molecule is COCC(CN)NC(=O)c1ccc2ccccc2n1. The standard InChI is InChI=1S/C14H17N3O2/c1-19-9-11(8-15)16-14(18)13-7-6-10-4-2-3-5-12(10)17-13/h2-7,11H,8-9,15H2,1H3,(H,16,18). The van der Waals surface area contributed by atoms with Crippen LogP contribution < -0.4 is 11.1 Å². The maximum Gasteiger partial charge on any atom is 0.270 e. The van der Waals surface area contributed by atoms with Crippen LogP contribution >= 0.6 is 0 Å². The molecule has 5 nitrogen and oxygen atoms in total. The second-order valence-corrected chi connectivity index (χ2v) is 4.25. The van der Waals surface area contributed by atoms with Gasteiger partial charge in [-0.05, 0) is 12.1 Å². The minimum atomic E-state index is -0.238. The van der Waals surface area contributed by atoms with Crippen LogP contribution in [0.15, 0.2) is 36.4 Å². The number of nitrogens with two attached hydrogens (primary N) is 1. The van der Waals surface area contributed by atoms with Crippen molar-refractivity contribution in [2.45, 2.75) is 6.04 Å². The molecule has 1 unspecified atom stereocenters. The quantitative estimate of drug-likeness (QED) is 0.837. The van der Waals surface area contributed by atoms with E-state index in [1.54, 1.807) is 13.2 Å². The van der Waals surface area contributed by atoms with Gasteiger partial charge in [0.05, 0.1) is 18.2 Å². The molecule has 0 fully saturated rings. The van der Waals surface area contributed by atoms with Crippen molar-refractivity contribution in [1.82, 2.24) is 10.3 Å². The van der Waals surface area contributed by atoms with Gasteiger partial charge in [-0.25, -0.2) is 4.98 Å². The Balaban J connectivity index is 2.16. The zero-order valence-electron chi connectivity index (χ0n) is 10.8. The van der Waals surface area contributed by atoms with Crippen LogP contribution in [0.2, 0.25) is 0 Å². The molecule has 1 aromatic heterocycles. The molecule has 2 rings (SSSR count). The van der Waals surface area contributed by atoms with Crippen LogP contribution in [-0.2, 0) is 4.74 Å². The third-order valence-electron chi connectivity index (χ3n) is 2.82. The van der Waals surface area contributed by atoms with Crippen LogP contribution in [0, 0.1) is 0 Å². The molecular formula is C14H17N3O2. The number of benzene rings is 1. The van der Waals surface area contributed by atoms with Gasteiger partial charge in [0.2, 0.25) is 0 Å². The number of carbonyl (C=O) groups excluding carboxylic acids is 1. The van der Waals surface area contributed by atoms with E-state index in [9.17, 15) is 4.79 Å². The average Bonchev–Trinajstić information content (AvgIpc) is 2.46. The number of fused-ring (bicyclic) bond motifs is 1. The van der Waals surface area contributed by atoms with Gasteiger partial charge in [-0.3, -0.25) is 4.79 Å². The molecule has 19 heavy (non-hydrogen) atoms. The monoisotopic (exact) mass is 259 g/mol. The molecular weight excluding hydrogens is 242 g/mol. The first-order valence-electron chi connectivity index (χ1n) is 6.10. The molecule has 0 aliphatic rings. The molecule has 0 aliphatic heterocycles. The van der Waals surface area contributed by atoms with Crippen molar-refractivity contribution in [2.75, 3.05) is 20.3 Å². The van der Waals surface area contributed by atoms with Gasteiger partial charge in [0.25, 0.3) is 5.91 Å². The van der Waals surface area contributed by atoms with Crippen molar-refractivity contribution in [3.63, 3.8) is 0 Å². The molecule has 0 saturated heterocycles. The van der Waals surface area contributed by atoms with Gasteiger partial charge in [-0.1, -0.05) is 24.3 Å². The second-order valence-electron chi connectivity index (χ2n) is 4.25. The van der Waals surface area contributed by atoms with Gasteiger partial charge in [0, 0.05) is 19.0 Å². The Morgan fingerprint density at radius 3 is 2.89 bits per heavy atom. The number of hydrogen-bond acceptors (Lipinski definition) is 4. The summed E-state index contributed by atoms with van der Waals surface area (Å²) >= 11 is 0. The number of methoxy groups -OCH3 is 1. The van der Waals surface area contributed by atoms with Gasteiger partial charge < -0.3 is 15.8 Å². The van der Waals surface area contributed by atoms with Crippen LogP contribution in [0.4, 0.5) is 0 Å². The lowest BCUT2D eigenvalue weighted by atomic mass is 10.2. The van der Waals surface area contributed by atoms with E-state index in [2.05, 4.69) is 10.3 Å². The number of para-hydroxylation sites is 1. The number of carbonyl (C=O) groups is 1. The highest BCUT2D eigenvalue weighted by molar-refractivity contribution is 5.95. The summed E-state index contributed by atoms with van der Waals surface area (Å²) in [5.41, 5.74) is 6.74. The fourth-order valence-electron chi connectivity index (χ4n) is 1.82. The van der Waals surface area contributed by atoms with Gasteiger partial charge in [0.1, 0.15) is 5.69 Å². The Kier molecular flexibility index (Phi) is 4.43. The maximum absolute atomic E-state index is 12.0. The van der Waals surface area contributed by atoms with Crippen molar-refractivity contribution in [3.05, 3.63) is 42.1 Å². The molecule has 1 atom stereocenters. The molecule has 1 heterocycles. The summed E-state index contributed by atoms with van der Waals surface area (Å²) in [5, 5.41) is 3.80. The Labute approximate surface area is 111 Å². The van der Waals surface area contributed by atoms with E-state index < -0.39 is 0 Å². The number of aromatic nitrogens is 1. The van der Waals surface area contributed by atoms with E-state index in [1.807, 2.05) is 30.3 Å². The fraction of sp³-hybridized carbons (Fsp3) is 0.286. The van der Waals surface area contributed by atoms with E-state index >= 15 is 0 Å². The highest BCUT2D eigenvalue weighted by Gasteiger charge is 2.13. The lowest BCUT2D eigenvalue weighted by Gasteiger charge is -2.15. The Morgan fingerprint density at radius 2 is 2.16 bits per heavy atom. The van der Waals surface area contributed by atoms with Crippen molar-refractivity contribution in [3.8, 4) is 0 Å². The summed E-state index contributed by atoms with van der Waals surface area (Å²) in [7, 11) is 1.57. The van der Waals surface area contributed by atoms with Crippen LogP contribution in [0.3, 0.4) is 0 Å². The van der Waals surface area contributed by atoms with E-state index in [0.29, 0.717) is 18.8 Å². The number of rotatable bonds is 5. The third kappa shape index (κ3) is 3.27. The van der Waals surface area contributed by atoms with Crippen LogP contribution in [-0.4, -0.2) is 37.2 Å². The van der Waals surface area contributed by atoms with Gasteiger partial charge in [-0.15, -0.1) is 0 Å². The highest BCUT2D eigenvalue weighted by atomic mass is 16.5. The van der Waals surface area contributed by atoms with Crippen molar-refractivity contribution >= 4 is 16.8 Å². The predicted molar refractivity (Wildman–Crippen MR) is 73.9 cm³/mol. The zero-order chi connectivity index (χ0) is 13.7. The number of pyridine rings is 1. The topological polar surface area (TPSA) is 77.2 Å². The van der Waals surface area contributed by atoms with E-state index in [0.717, 1.165) is 10.9 Å². The number of nitrogens with zero attached hydrogens (tertiary/aromatic N) is 1. The predicted octanol–water partition coefficient (Wildman–Crippen LogP) is 0.938. The Hall–Kier alpha value is -1.98. The number of ether oxygens (including phenoxy) is 1. The average molecular weight is 259 g/mol. The first-order valence-corrected chi connectivity index (χ1v) is 6.10. The smallest absolute Gasteiger partial charge is 0.270 e. The summed E-state index contributed by atoms with van der Waals surface area (Å²) in [5.74, 6) is -0.238. The summed E-state index contributed by atoms with van der Waals surface area (Å²) in [6.07, 6.45) is 0. The van der Waals surface area contributed by atoms with Crippen LogP contribution in [0.5, 0.6) is 0 Å². The minimum Gasteiger partial charge on any atom is -0.383 e. The van der Waals surface area contributed by atoms with Crippen molar-refractivity contribution in [1.29, 1.82) is 0 Å². The lowest BCUT2D eigenvalue weighted by Crippen LogP contribution is -2.43. The van der Waals surface area contributed by atoms with Crippen LogP contribution in [0.1, 0.15) is 10.5 Å². The largest absolute Gasteiger partial charge is 0.383 e. The summed E-state index contributed by atoms with van der Waals surface area (Å²) in [4.78, 5) is 16.4. The third-order valence-corrected chi connectivity index (χ3v) is 2.82. The Morgan fingerprint density at radius 1 is 1.37 bits per heavy atom.